The fraction of sp³-hybridized carbons (Fsp3) is 0.286. The van der Waals surface area contributed by atoms with Gasteiger partial charge in [-0.15, -0.1) is 0 Å². The normalized spacial score (nSPS) is 15.5. The monoisotopic (exact) mass is 292 g/mol. The van der Waals surface area contributed by atoms with Crippen molar-refractivity contribution in [2.45, 2.75) is 0 Å². The molecule has 0 N–H and O–H groups in total. The van der Waals surface area contributed by atoms with Crippen LogP contribution in [0.15, 0.2) is 36.8 Å². The molecule has 2 heterocycles. The van der Waals surface area contributed by atoms with Crippen LogP contribution in [0, 0.1) is 5.82 Å². The highest BCUT2D eigenvalue weighted by atomic mass is 35.5. The zero-order valence-electron chi connectivity index (χ0n) is 10.8. The second-order valence-electron chi connectivity index (χ2n) is 4.63. The number of benzene rings is 1. The number of hydrogen-bond donors (Lipinski definition) is 0. The molecule has 0 amide bonds. The molecule has 3 rings (SSSR count). The maximum absolute atomic E-state index is 13.1. The molecule has 1 aromatic heterocycles. The number of rotatable bonds is 2. The first-order valence-corrected chi connectivity index (χ1v) is 6.83. The Morgan fingerprint density at radius 1 is 1.05 bits per heavy atom. The summed E-state index contributed by atoms with van der Waals surface area (Å²) >= 11 is 6.10. The van der Waals surface area contributed by atoms with Crippen molar-refractivity contribution >= 4 is 23.1 Å². The molecule has 0 unspecified atom stereocenters. The molecule has 1 saturated heterocycles. The van der Waals surface area contributed by atoms with E-state index in [4.69, 9.17) is 11.6 Å². The molecular formula is C14H14ClFN4. The van der Waals surface area contributed by atoms with Crippen molar-refractivity contribution in [1.82, 2.24) is 9.97 Å². The average Bonchev–Trinajstić information content (AvgIpc) is 2.48. The zero-order valence-corrected chi connectivity index (χ0v) is 11.6. The van der Waals surface area contributed by atoms with Gasteiger partial charge in [0.1, 0.15) is 11.6 Å². The third kappa shape index (κ3) is 2.67. The van der Waals surface area contributed by atoms with Crippen molar-refractivity contribution in [2.24, 2.45) is 0 Å². The Bertz CT molecular complexity index is 585. The van der Waals surface area contributed by atoms with Gasteiger partial charge < -0.3 is 9.80 Å². The average molecular weight is 293 g/mol. The number of piperazine rings is 1. The van der Waals surface area contributed by atoms with Crippen LogP contribution < -0.4 is 9.80 Å². The largest absolute Gasteiger partial charge is 0.367 e. The summed E-state index contributed by atoms with van der Waals surface area (Å²) in [5.41, 5.74) is 0.881. The van der Waals surface area contributed by atoms with Crippen LogP contribution in [0.2, 0.25) is 5.02 Å². The highest BCUT2D eigenvalue weighted by molar-refractivity contribution is 6.33. The van der Waals surface area contributed by atoms with E-state index in [0.717, 1.165) is 37.7 Å². The van der Waals surface area contributed by atoms with Crippen LogP contribution in [0.25, 0.3) is 0 Å². The van der Waals surface area contributed by atoms with Gasteiger partial charge in [0.05, 0.1) is 16.9 Å². The number of halogens is 2. The summed E-state index contributed by atoms with van der Waals surface area (Å²) in [6, 6.07) is 4.53. The lowest BCUT2D eigenvalue weighted by Gasteiger charge is -2.36. The van der Waals surface area contributed by atoms with E-state index in [2.05, 4.69) is 19.8 Å². The Balaban J connectivity index is 1.69. The van der Waals surface area contributed by atoms with Crippen LogP contribution in [0.3, 0.4) is 0 Å². The van der Waals surface area contributed by atoms with Crippen molar-refractivity contribution in [3.05, 3.63) is 47.6 Å². The Kier molecular flexibility index (Phi) is 3.69. The predicted molar refractivity (Wildman–Crippen MR) is 77.9 cm³/mol. The van der Waals surface area contributed by atoms with E-state index in [1.807, 2.05) is 0 Å². The van der Waals surface area contributed by atoms with E-state index in [1.54, 1.807) is 24.7 Å². The van der Waals surface area contributed by atoms with Crippen molar-refractivity contribution in [3.63, 3.8) is 0 Å². The Labute approximate surface area is 121 Å². The van der Waals surface area contributed by atoms with Crippen molar-refractivity contribution < 1.29 is 4.39 Å². The molecule has 0 saturated carbocycles. The van der Waals surface area contributed by atoms with Gasteiger partial charge in [0.25, 0.3) is 0 Å². The van der Waals surface area contributed by atoms with Crippen molar-refractivity contribution in [2.75, 3.05) is 36.0 Å². The van der Waals surface area contributed by atoms with Crippen LogP contribution in [-0.2, 0) is 0 Å². The molecule has 1 aromatic carbocycles. The van der Waals surface area contributed by atoms with Crippen LogP contribution in [0.4, 0.5) is 15.9 Å². The Morgan fingerprint density at radius 3 is 2.45 bits per heavy atom. The maximum atomic E-state index is 13.1. The predicted octanol–water partition coefficient (Wildman–Crippen LogP) is 2.60. The molecule has 1 aliphatic heterocycles. The van der Waals surface area contributed by atoms with Gasteiger partial charge in [0, 0.05) is 38.6 Å². The fourth-order valence-corrected chi connectivity index (χ4v) is 2.66. The molecule has 4 nitrogen and oxygen atoms in total. The molecule has 0 atom stereocenters. The van der Waals surface area contributed by atoms with E-state index in [0.29, 0.717) is 5.02 Å². The smallest absolute Gasteiger partial charge is 0.147 e. The first kappa shape index (κ1) is 13.1. The third-order valence-electron chi connectivity index (χ3n) is 3.40. The summed E-state index contributed by atoms with van der Waals surface area (Å²) < 4.78 is 13.1. The van der Waals surface area contributed by atoms with Gasteiger partial charge >= 0.3 is 0 Å². The van der Waals surface area contributed by atoms with E-state index in [1.165, 1.54) is 12.1 Å². The van der Waals surface area contributed by atoms with Gasteiger partial charge in [0.2, 0.25) is 0 Å². The third-order valence-corrected chi connectivity index (χ3v) is 3.71. The molecule has 6 heteroatoms. The molecule has 1 aliphatic rings. The molecule has 104 valence electrons. The fourth-order valence-electron chi connectivity index (χ4n) is 2.37. The first-order chi connectivity index (χ1) is 9.74. The number of hydrogen-bond acceptors (Lipinski definition) is 4. The van der Waals surface area contributed by atoms with Gasteiger partial charge in [-0.1, -0.05) is 11.6 Å². The summed E-state index contributed by atoms with van der Waals surface area (Å²) in [4.78, 5) is 12.7. The molecule has 0 spiro atoms. The van der Waals surface area contributed by atoms with Gasteiger partial charge in [0.15, 0.2) is 0 Å². The summed E-state index contributed by atoms with van der Waals surface area (Å²) in [5, 5.41) is 0.456. The Morgan fingerprint density at radius 2 is 1.80 bits per heavy atom. The topological polar surface area (TPSA) is 32.3 Å². The second-order valence-corrected chi connectivity index (χ2v) is 5.04. The van der Waals surface area contributed by atoms with Crippen molar-refractivity contribution in [3.8, 4) is 0 Å². The lowest BCUT2D eigenvalue weighted by molar-refractivity contribution is 0.624. The second kappa shape index (κ2) is 5.63. The summed E-state index contributed by atoms with van der Waals surface area (Å²) in [5.74, 6) is 0.578. The zero-order chi connectivity index (χ0) is 13.9. The quantitative estimate of drug-likeness (QED) is 0.852. The van der Waals surface area contributed by atoms with Gasteiger partial charge in [-0.25, -0.2) is 9.37 Å². The van der Waals surface area contributed by atoms with Gasteiger partial charge in [-0.05, 0) is 18.2 Å². The summed E-state index contributed by atoms with van der Waals surface area (Å²) in [7, 11) is 0. The number of anilines is 2. The summed E-state index contributed by atoms with van der Waals surface area (Å²) in [6.07, 6.45) is 5.12. The SMILES string of the molecule is Fc1ccc(N2CCN(c3cnccn3)CC2)c(Cl)c1. The minimum absolute atomic E-state index is 0.308. The maximum Gasteiger partial charge on any atom is 0.147 e. The van der Waals surface area contributed by atoms with Gasteiger partial charge in [-0.3, -0.25) is 4.98 Å². The van der Waals surface area contributed by atoms with Crippen LogP contribution >= 0.6 is 11.6 Å². The highest BCUT2D eigenvalue weighted by Gasteiger charge is 2.20. The van der Waals surface area contributed by atoms with Crippen LogP contribution in [0.5, 0.6) is 0 Å². The number of nitrogens with zero attached hydrogens (tertiary/aromatic N) is 4. The van der Waals surface area contributed by atoms with Gasteiger partial charge in [-0.2, -0.15) is 0 Å². The Hall–Kier alpha value is -1.88. The van der Waals surface area contributed by atoms with E-state index in [-0.39, 0.29) is 5.82 Å². The lowest BCUT2D eigenvalue weighted by Crippen LogP contribution is -2.47. The highest BCUT2D eigenvalue weighted by Crippen LogP contribution is 2.27. The summed E-state index contributed by atoms with van der Waals surface area (Å²) in [6.45, 7) is 3.32. The molecule has 2 aromatic rings. The molecule has 0 aliphatic carbocycles. The minimum atomic E-state index is -0.308. The van der Waals surface area contributed by atoms with Crippen LogP contribution in [-0.4, -0.2) is 36.1 Å². The standard InChI is InChI=1S/C14H14ClFN4/c15-12-9-11(16)1-2-13(12)19-5-7-20(8-6-19)14-10-17-3-4-18-14/h1-4,9-10H,5-8H2. The molecule has 0 bridgehead atoms. The lowest BCUT2D eigenvalue weighted by atomic mass is 10.2. The van der Waals surface area contributed by atoms with E-state index < -0.39 is 0 Å². The molecule has 20 heavy (non-hydrogen) atoms. The molecule has 1 fully saturated rings. The number of aromatic nitrogens is 2. The van der Waals surface area contributed by atoms with Crippen LogP contribution in [0.1, 0.15) is 0 Å². The van der Waals surface area contributed by atoms with E-state index in [9.17, 15) is 4.39 Å². The minimum Gasteiger partial charge on any atom is -0.367 e. The first-order valence-electron chi connectivity index (χ1n) is 6.45. The molecular weight excluding hydrogens is 279 g/mol. The van der Waals surface area contributed by atoms with E-state index >= 15 is 0 Å². The van der Waals surface area contributed by atoms with Crippen molar-refractivity contribution in [1.29, 1.82) is 0 Å². The molecule has 0 radical (unpaired) electrons.